The fourth-order valence-electron chi connectivity index (χ4n) is 5.91. The number of aliphatic hydroxyl groups is 1. The molecule has 2 atom stereocenters. The molecule has 0 radical (unpaired) electrons. The van der Waals surface area contributed by atoms with Gasteiger partial charge in [0, 0.05) is 77.9 Å². The Morgan fingerprint density at radius 1 is 1.02 bits per heavy atom. The van der Waals surface area contributed by atoms with Gasteiger partial charge >= 0.3 is 5.97 Å². The van der Waals surface area contributed by atoms with Crippen molar-refractivity contribution >= 4 is 40.7 Å². The molecular weight excluding hydrogens is 683 g/mol. The number of amides is 1. The summed E-state index contributed by atoms with van der Waals surface area (Å²) in [6.07, 6.45) is 4.55. The molecule has 258 valence electrons. The zero-order valence-corrected chi connectivity index (χ0v) is 28.5. The van der Waals surface area contributed by atoms with Gasteiger partial charge in [-0.25, -0.2) is 9.97 Å². The summed E-state index contributed by atoms with van der Waals surface area (Å²) in [6, 6.07) is 17.3. The Kier molecular flexibility index (Phi) is 10.8. The molecule has 12 nitrogen and oxygen atoms in total. The number of benzene rings is 2. The standard InChI is InChI=1S/C36H34Cl2N6O6/c1-50-34-21(16-40-29(19-45)36(48)49)8-10-28(43-34)27-7-3-6-26(33(27)38)25-5-2-4-24(32(25)37)20-12-13-44-30(14-20)41-17-22(35(44)47)15-39-18-23-9-11-31(46)42-23/h2-8,10,12-14,17,23,29,39-40,45H,9,11,15-16,18-19H2,1H3,(H,42,46)(H,48,49)/t23?,29-/m1/s1. The first-order valence-electron chi connectivity index (χ1n) is 15.9. The third-order valence-corrected chi connectivity index (χ3v) is 9.41. The molecular formula is C36H34Cl2N6O6. The summed E-state index contributed by atoms with van der Waals surface area (Å²) in [5.41, 5.74) is 5.44. The molecule has 3 aromatic heterocycles. The number of rotatable bonds is 13. The molecule has 0 aliphatic carbocycles. The van der Waals surface area contributed by atoms with E-state index in [1.807, 2.05) is 48.5 Å². The van der Waals surface area contributed by atoms with E-state index in [9.17, 15) is 24.6 Å². The van der Waals surface area contributed by atoms with Crippen LogP contribution in [0.2, 0.25) is 10.0 Å². The molecule has 1 aliphatic rings. The van der Waals surface area contributed by atoms with Crippen LogP contribution in [-0.2, 0) is 22.7 Å². The Hall–Kier alpha value is -4.85. The number of hydrogen-bond acceptors (Lipinski definition) is 9. The molecule has 0 spiro atoms. The van der Waals surface area contributed by atoms with Crippen LogP contribution in [0, 0.1) is 0 Å². The van der Waals surface area contributed by atoms with E-state index in [0.29, 0.717) is 68.7 Å². The maximum atomic E-state index is 13.2. The molecule has 5 aromatic rings. The van der Waals surface area contributed by atoms with Gasteiger partial charge in [0.25, 0.3) is 5.56 Å². The number of halogens is 2. The highest BCUT2D eigenvalue weighted by Gasteiger charge is 2.21. The first-order valence-corrected chi connectivity index (χ1v) is 16.6. The van der Waals surface area contributed by atoms with Crippen molar-refractivity contribution in [1.82, 2.24) is 30.3 Å². The van der Waals surface area contributed by atoms with Crippen molar-refractivity contribution in [2.75, 3.05) is 20.3 Å². The molecule has 1 saturated heterocycles. The fraction of sp³-hybridized carbons (Fsp3) is 0.250. The average Bonchev–Trinajstić information content (AvgIpc) is 3.54. The molecule has 0 saturated carbocycles. The van der Waals surface area contributed by atoms with Gasteiger partial charge in [0.1, 0.15) is 11.7 Å². The minimum Gasteiger partial charge on any atom is -0.481 e. The van der Waals surface area contributed by atoms with Crippen LogP contribution in [0.4, 0.5) is 0 Å². The van der Waals surface area contributed by atoms with Crippen molar-refractivity contribution in [1.29, 1.82) is 0 Å². The first-order chi connectivity index (χ1) is 24.2. The molecule has 4 heterocycles. The number of ether oxygens (including phenoxy) is 1. The predicted octanol–water partition coefficient (Wildman–Crippen LogP) is 4.31. The summed E-state index contributed by atoms with van der Waals surface area (Å²) in [6.45, 7) is 0.463. The highest BCUT2D eigenvalue weighted by Crippen LogP contribution is 2.42. The summed E-state index contributed by atoms with van der Waals surface area (Å²) in [5, 5.41) is 28.3. The number of nitrogens with zero attached hydrogens (tertiary/aromatic N) is 3. The topological polar surface area (TPSA) is 167 Å². The number of carboxylic acids is 1. The van der Waals surface area contributed by atoms with Crippen LogP contribution >= 0.6 is 23.2 Å². The van der Waals surface area contributed by atoms with Gasteiger partial charge in [-0.1, -0.05) is 65.7 Å². The second-order valence-corrected chi connectivity index (χ2v) is 12.6. The Morgan fingerprint density at radius 2 is 1.74 bits per heavy atom. The number of fused-ring (bicyclic) bond motifs is 1. The maximum absolute atomic E-state index is 13.2. The highest BCUT2D eigenvalue weighted by atomic mass is 35.5. The minimum absolute atomic E-state index is 0.0486. The van der Waals surface area contributed by atoms with Crippen molar-refractivity contribution in [3.05, 3.63) is 105 Å². The molecule has 50 heavy (non-hydrogen) atoms. The van der Waals surface area contributed by atoms with Crippen LogP contribution in [0.3, 0.4) is 0 Å². The van der Waals surface area contributed by atoms with Crippen LogP contribution in [0.25, 0.3) is 39.2 Å². The lowest BCUT2D eigenvalue weighted by molar-refractivity contribution is -0.140. The zero-order valence-electron chi connectivity index (χ0n) is 27.0. The quantitative estimate of drug-likeness (QED) is 0.119. The van der Waals surface area contributed by atoms with E-state index < -0.39 is 18.6 Å². The summed E-state index contributed by atoms with van der Waals surface area (Å²) >= 11 is 14.1. The number of methoxy groups -OCH3 is 1. The molecule has 1 amide bonds. The van der Waals surface area contributed by atoms with E-state index in [1.54, 1.807) is 24.5 Å². The van der Waals surface area contributed by atoms with Crippen molar-refractivity contribution in [3.8, 4) is 39.4 Å². The average molecular weight is 718 g/mol. The smallest absolute Gasteiger partial charge is 0.323 e. The molecule has 0 bridgehead atoms. The largest absolute Gasteiger partial charge is 0.481 e. The summed E-state index contributed by atoms with van der Waals surface area (Å²) in [4.78, 5) is 45.1. The number of nitrogens with one attached hydrogen (secondary N) is 3. The lowest BCUT2D eigenvalue weighted by atomic mass is 9.97. The molecule has 5 N–H and O–H groups in total. The SMILES string of the molecule is COc1nc(-c2cccc(-c3cccc(-c4ccn5c(=O)c(CNCC6CCC(=O)N6)cnc5c4)c3Cl)c2Cl)ccc1CN[C@H](CO)C(=O)O. The van der Waals surface area contributed by atoms with Crippen molar-refractivity contribution in [2.45, 2.75) is 38.0 Å². The van der Waals surface area contributed by atoms with Crippen LogP contribution in [0.1, 0.15) is 24.0 Å². The van der Waals surface area contributed by atoms with E-state index in [4.69, 9.17) is 27.9 Å². The van der Waals surface area contributed by atoms with Crippen molar-refractivity contribution < 1.29 is 24.5 Å². The van der Waals surface area contributed by atoms with E-state index in [0.717, 1.165) is 17.5 Å². The Morgan fingerprint density at radius 3 is 2.42 bits per heavy atom. The Balaban J connectivity index is 1.25. The molecule has 6 rings (SSSR count). The monoisotopic (exact) mass is 716 g/mol. The second kappa shape index (κ2) is 15.4. The molecule has 1 fully saturated rings. The van der Waals surface area contributed by atoms with E-state index >= 15 is 0 Å². The second-order valence-electron chi connectivity index (χ2n) is 11.8. The van der Waals surface area contributed by atoms with Crippen LogP contribution in [-0.4, -0.2) is 68.8 Å². The number of carboxylic acid groups (broad SMARTS) is 1. The number of carbonyl (C=O) groups is 2. The van der Waals surface area contributed by atoms with Crippen molar-refractivity contribution in [2.24, 2.45) is 0 Å². The van der Waals surface area contributed by atoms with Gasteiger partial charge in [-0.3, -0.25) is 24.1 Å². The highest BCUT2D eigenvalue weighted by molar-refractivity contribution is 6.39. The van der Waals surface area contributed by atoms with Crippen molar-refractivity contribution in [3.63, 3.8) is 0 Å². The van der Waals surface area contributed by atoms with Gasteiger partial charge in [-0.15, -0.1) is 0 Å². The van der Waals surface area contributed by atoms with E-state index in [-0.39, 0.29) is 29.9 Å². The Labute approximate surface area is 297 Å². The number of aromatic nitrogens is 3. The number of carbonyl (C=O) groups excluding carboxylic acids is 1. The summed E-state index contributed by atoms with van der Waals surface area (Å²) < 4.78 is 6.98. The normalized spacial score (nSPS) is 14.9. The maximum Gasteiger partial charge on any atom is 0.323 e. The predicted molar refractivity (Wildman–Crippen MR) is 190 cm³/mol. The Bertz CT molecular complexity index is 2140. The number of hydrogen-bond donors (Lipinski definition) is 5. The minimum atomic E-state index is -1.17. The van der Waals surface area contributed by atoms with Crippen LogP contribution in [0.15, 0.2) is 77.9 Å². The van der Waals surface area contributed by atoms with Gasteiger partial charge in [0.2, 0.25) is 11.8 Å². The fourth-order valence-corrected chi connectivity index (χ4v) is 6.57. The van der Waals surface area contributed by atoms with Gasteiger partial charge in [0.15, 0.2) is 0 Å². The van der Waals surface area contributed by atoms with E-state index in [2.05, 4.69) is 25.9 Å². The van der Waals surface area contributed by atoms with Gasteiger partial charge < -0.3 is 25.6 Å². The third kappa shape index (κ3) is 7.35. The molecule has 14 heteroatoms. The van der Waals surface area contributed by atoms with Gasteiger partial charge in [0.05, 0.1) is 29.5 Å². The molecule has 2 aromatic carbocycles. The van der Waals surface area contributed by atoms with Crippen LogP contribution in [0.5, 0.6) is 5.88 Å². The van der Waals surface area contributed by atoms with Gasteiger partial charge in [-0.05, 0) is 30.2 Å². The summed E-state index contributed by atoms with van der Waals surface area (Å²) in [7, 11) is 1.47. The van der Waals surface area contributed by atoms with E-state index in [1.165, 1.54) is 11.5 Å². The van der Waals surface area contributed by atoms with Gasteiger partial charge in [-0.2, -0.15) is 0 Å². The number of aliphatic hydroxyl groups excluding tert-OH is 1. The lowest BCUT2D eigenvalue weighted by Crippen LogP contribution is -2.39. The zero-order chi connectivity index (χ0) is 35.4. The molecule has 1 aliphatic heterocycles. The number of aliphatic carboxylic acids is 1. The summed E-state index contributed by atoms with van der Waals surface area (Å²) in [5.74, 6) is -0.834. The first kappa shape index (κ1) is 35.0. The lowest BCUT2D eigenvalue weighted by Gasteiger charge is -2.16. The molecule has 1 unspecified atom stereocenters. The van der Waals surface area contributed by atoms with Crippen LogP contribution < -0.4 is 26.2 Å². The number of pyridine rings is 2. The third-order valence-electron chi connectivity index (χ3n) is 8.60.